The predicted octanol–water partition coefficient (Wildman–Crippen LogP) is 3.06. The Labute approximate surface area is 112 Å². The molecule has 1 N–H and O–H groups in total. The zero-order valence-corrected chi connectivity index (χ0v) is 11.3. The van der Waals surface area contributed by atoms with E-state index in [1.807, 2.05) is 0 Å². The van der Waals surface area contributed by atoms with E-state index in [2.05, 4.69) is 23.7 Å². The molecule has 2 atom stereocenters. The fourth-order valence-electron chi connectivity index (χ4n) is 2.40. The van der Waals surface area contributed by atoms with Gasteiger partial charge in [0.25, 0.3) is 0 Å². The summed E-state index contributed by atoms with van der Waals surface area (Å²) in [5.74, 6) is 0.208. The number of carboxylic acid groups (broad SMARTS) is 1. The third-order valence-corrected chi connectivity index (χ3v) is 4.01. The minimum atomic E-state index is -1.08. The number of piperidine rings is 1. The van der Waals surface area contributed by atoms with E-state index in [0.29, 0.717) is 17.8 Å². The van der Waals surface area contributed by atoms with Crippen LogP contribution in [0.5, 0.6) is 0 Å². The van der Waals surface area contributed by atoms with Gasteiger partial charge >= 0.3 is 5.97 Å². The molecular formula is C13H17ClN2O2. The molecule has 2 unspecified atom stereocenters. The lowest BCUT2D eigenvalue weighted by molar-refractivity contribution is 0.0690. The van der Waals surface area contributed by atoms with Gasteiger partial charge in [-0.1, -0.05) is 18.5 Å². The Morgan fingerprint density at radius 3 is 2.89 bits per heavy atom. The quantitative estimate of drug-likeness (QED) is 0.896. The Morgan fingerprint density at radius 2 is 2.22 bits per heavy atom. The van der Waals surface area contributed by atoms with Crippen LogP contribution in [0.3, 0.4) is 0 Å². The molecule has 1 aromatic rings. The van der Waals surface area contributed by atoms with E-state index in [1.54, 1.807) is 12.1 Å². The molecule has 0 aliphatic carbocycles. The van der Waals surface area contributed by atoms with Gasteiger partial charge in [-0.05, 0) is 37.8 Å². The van der Waals surface area contributed by atoms with Crippen molar-refractivity contribution in [3.63, 3.8) is 0 Å². The maximum Gasteiger partial charge on any atom is 0.356 e. The number of nitrogens with zero attached hydrogens (tertiary/aromatic N) is 2. The predicted molar refractivity (Wildman–Crippen MR) is 71.4 cm³/mol. The van der Waals surface area contributed by atoms with Gasteiger partial charge in [-0.3, -0.25) is 0 Å². The smallest absolute Gasteiger partial charge is 0.356 e. The summed E-state index contributed by atoms with van der Waals surface area (Å²) in [6.07, 6.45) is 2.31. The van der Waals surface area contributed by atoms with Crippen LogP contribution in [0.2, 0.25) is 5.02 Å². The van der Waals surface area contributed by atoms with Crippen LogP contribution >= 0.6 is 11.6 Å². The molecular weight excluding hydrogens is 252 g/mol. The van der Waals surface area contributed by atoms with Gasteiger partial charge in [0.05, 0.1) is 5.02 Å². The molecule has 18 heavy (non-hydrogen) atoms. The van der Waals surface area contributed by atoms with Gasteiger partial charge < -0.3 is 10.0 Å². The largest absolute Gasteiger partial charge is 0.476 e. The fraction of sp³-hybridized carbons (Fsp3) is 0.538. The Balaban J connectivity index is 2.33. The number of hydrogen-bond donors (Lipinski definition) is 1. The first-order valence-electron chi connectivity index (χ1n) is 6.17. The molecule has 4 nitrogen and oxygen atoms in total. The number of aromatic carboxylic acids is 1. The zero-order chi connectivity index (χ0) is 13.3. The molecule has 2 rings (SSSR count). The number of aromatic nitrogens is 1. The average molecular weight is 269 g/mol. The van der Waals surface area contributed by atoms with Crippen molar-refractivity contribution in [1.29, 1.82) is 0 Å². The summed E-state index contributed by atoms with van der Waals surface area (Å²) in [5.41, 5.74) is -0.0698. The van der Waals surface area contributed by atoms with Gasteiger partial charge in [0.2, 0.25) is 0 Å². The van der Waals surface area contributed by atoms with Crippen LogP contribution in [-0.2, 0) is 0 Å². The minimum Gasteiger partial charge on any atom is -0.476 e. The van der Waals surface area contributed by atoms with Crippen molar-refractivity contribution in [3.8, 4) is 0 Å². The number of carboxylic acids is 1. The standard InChI is InChI=1S/C13H17ClN2O2/c1-8-4-3-7-16(9(8)2)11-6-5-10(14)12(15-11)13(17)18/h5-6,8-9H,3-4,7H2,1-2H3,(H,17,18). The first kappa shape index (κ1) is 13.1. The molecule has 2 heterocycles. The molecule has 0 radical (unpaired) electrons. The number of rotatable bonds is 2. The Bertz CT molecular complexity index is 464. The van der Waals surface area contributed by atoms with Gasteiger partial charge in [0.1, 0.15) is 5.82 Å². The Morgan fingerprint density at radius 1 is 1.50 bits per heavy atom. The highest BCUT2D eigenvalue weighted by molar-refractivity contribution is 6.33. The summed E-state index contributed by atoms with van der Waals surface area (Å²) in [4.78, 5) is 17.4. The van der Waals surface area contributed by atoms with Crippen LogP contribution in [0.1, 0.15) is 37.2 Å². The summed E-state index contributed by atoms with van der Waals surface area (Å²) in [7, 11) is 0. The van der Waals surface area contributed by atoms with E-state index in [4.69, 9.17) is 16.7 Å². The topological polar surface area (TPSA) is 53.4 Å². The van der Waals surface area contributed by atoms with E-state index >= 15 is 0 Å². The maximum absolute atomic E-state index is 11.0. The fourth-order valence-corrected chi connectivity index (χ4v) is 2.59. The summed E-state index contributed by atoms with van der Waals surface area (Å²) < 4.78 is 0. The van der Waals surface area contributed by atoms with Crippen molar-refractivity contribution in [2.24, 2.45) is 5.92 Å². The van der Waals surface area contributed by atoms with Gasteiger partial charge in [0, 0.05) is 12.6 Å². The van der Waals surface area contributed by atoms with Crippen LogP contribution in [-0.4, -0.2) is 28.6 Å². The third-order valence-electron chi connectivity index (χ3n) is 3.70. The monoisotopic (exact) mass is 268 g/mol. The highest BCUT2D eigenvalue weighted by Gasteiger charge is 2.26. The van der Waals surface area contributed by atoms with Crippen molar-refractivity contribution in [3.05, 3.63) is 22.8 Å². The maximum atomic E-state index is 11.0. The molecule has 98 valence electrons. The SMILES string of the molecule is CC1CCCN(c2ccc(Cl)c(C(=O)O)n2)C1C. The van der Waals surface area contributed by atoms with Gasteiger partial charge in [-0.2, -0.15) is 0 Å². The minimum absolute atomic E-state index is 0.0698. The van der Waals surface area contributed by atoms with E-state index in [1.165, 1.54) is 6.42 Å². The number of anilines is 1. The Hall–Kier alpha value is -1.29. The van der Waals surface area contributed by atoms with Gasteiger partial charge in [-0.25, -0.2) is 9.78 Å². The van der Waals surface area contributed by atoms with Crippen LogP contribution < -0.4 is 4.90 Å². The second kappa shape index (κ2) is 5.14. The molecule has 1 fully saturated rings. The van der Waals surface area contributed by atoms with E-state index < -0.39 is 5.97 Å². The van der Waals surface area contributed by atoms with Crippen LogP contribution in [0, 0.1) is 5.92 Å². The first-order chi connectivity index (χ1) is 8.50. The van der Waals surface area contributed by atoms with Crippen molar-refractivity contribution in [1.82, 2.24) is 4.98 Å². The second-order valence-corrected chi connectivity index (χ2v) is 5.27. The van der Waals surface area contributed by atoms with E-state index in [-0.39, 0.29) is 10.7 Å². The molecule has 0 bridgehead atoms. The van der Waals surface area contributed by atoms with Crippen LogP contribution in [0.25, 0.3) is 0 Å². The number of hydrogen-bond acceptors (Lipinski definition) is 3. The van der Waals surface area contributed by atoms with E-state index in [0.717, 1.165) is 13.0 Å². The molecule has 1 aliphatic rings. The third kappa shape index (κ3) is 2.43. The molecule has 1 saturated heterocycles. The molecule has 0 saturated carbocycles. The second-order valence-electron chi connectivity index (χ2n) is 4.86. The summed E-state index contributed by atoms with van der Waals surface area (Å²) in [6.45, 7) is 5.28. The highest BCUT2D eigenvalue weighted by atomic mass is 35.5. The van der Waals surface area contributed by atoms with Crippen molar-refractivity contribution in [2.45, 2.75) is 32.7 Å². The molecule has 0 spiro atoms. The van der Waals surface area contributed by atoms with Gasteiger partial charge in [0.15, 0.2) is 5.69 Å². The van der Waals surface area contributed by atoms with E-state index in [9.17, 15) is 4.79 Å². The molecule has 0 aromatic carbocycles. The molecule has 0 amide bonds. The molecule has 1 aromatic heterocycles. The van der Waals surface area contributed by atoms with Crippen molar-refractivity contribution < 1.29 is 9.90 Å². The van der Waals surface area contributed by atoms with Crippen LogP contribution in [0.15, 0.2) is 12.1 Å². The Kier molecular flexibility index (Phi) is 3.76. The molecule has 5 heteroatoms. The highest BCUT2D eigenvalue weighted by Crippen LogP contribution is 2.28. The number of halogens is 1. The normalized spacial score (nSPS) is 24.1. The lowest BCUT2D eigenvalue weighted by Gasteiger charge is -2.38. The van der Waals surface area contributed by atoms with Crippen molar-refractivity contribution >= 4 is 23.4 Å². The summed E-state index contributed by atoms with van der Waals surface area (Å²) in [6, 6.07) is 3.77. The molecule has 1 aliphatic heterocycles. The van der Waals surface area contributed by atoms with Gasteiger partial charge in [-0.15, -0.1) is 0 Å². The lowest BCUT2D eigenvalue weighted by Crippen LogP contribution is -2.43. The summed E-state index contributed by atoms with van der Waals surface area (Å²) >= 11 is 5.83. The van der Waals surface area contributed by atoms with Crippen LogP contribution in [0.4, 0.5) is 5.82 Å². The number of pyridine rings is 1. The first-order valence-corrected chi connectivity index (χ1v) is 6.55. The van der Waals surface area contributed by atoms with Crippen molar-refractivity contribution in [2.75, 3.05) is 11.4 Å². The lowest BCUT2D eigenvalue weighted by atomic mass is 9.92. The number of carbonyl (C=O) groups is 1. The summed E-state index contributed by atoms with van der Waals surface area (Å²) in [5, 5.41) is 9.23. The average Bonchev–Trinajstić information content (AvgIpc) is 2.33. The zero-order valence-electron chi connectivity index (χ0n) is 10.6.